The van der Waals surface area contributed by atoms with Crippen molar-refractivity contribution in [2.75, 3.05) is 28.4 Å². The van der Waals surface area contributed by atoms with Crippen LogP contribution < -0.4 is 9.47 Å². The van der Waals surface area contributed by atoms with Crippen molar-refractivity contribution in [2.45, 2.75) is 73.3 Å². The Morgan fingerprint density at radius 3 is 1.40 bits per heavy atom. The number of hydrogen-bond acceptors (Lipinski definition) is 7. The molecule has 280 valence electrons. The molecule has 1 N–H and O–H groups in total. The minimum Gasteiger partial charge on any atom is -0.497 e. The summed E-state index contributed by atoms with van der Waals surface area (Å²) in [5.41, 5.74) is 3.76. The fraction of sp³-hybridized carbons (Fsp3) is 0.395. The molecule has 0 aromatic heterocycles. The SMILES string of the molecule is CCC(C)(C)C(C)c1cc(C(=O)OC)ccc1-c1cc(OC)ccc1F.CCC(C)(C)C(O)c1cc(C(=O)OC)ccc1-c1cc(OC)ccc1F. The van der Waals surface area contributed by atoms with Crippen molar-refractivity contribution in [3.8, 4) is 33.8 Å². The monoisotopic (exact) mass is 718 g/mol. The van der Waals surface area contributed by atoms with Gasteiger partial charge in [0, 0.05) is 11.1 Å². The van der Waals surface area contributed by atoms with Crippen LogP contribution in [0.5, 0.6) is 11.5 Å². The maximum absolute atomic E-state index is 14.6. The summed E-state index contributed by atoms with van der Waals surface area (Å²) < 4.78 is 49.2. The van der Waals surface area contributed by atoms with Crippen LogP contribution in [0.25, 0.3) is 22.3 Å². The maximum atomic E-state index is 14.6. The summed E-state index contributed by atoms with van der Waals surface area (Å²) in [4.78, 5) is 23.9. The summed E-state index contributed by atoms with van der Waals surface area (Å²) in [6, 6.07) is 19.2. The molecule has 0 bridgehead atoms. The van der Waals surface area contributed by atoms with E-state index < -0.39 is 29.3 Å². The lowest BCUT2D eigenvalue weighted by Crippen LogP contribution is -2.22. The lowest BCUT2D eigenvalue weighted by atomic mass is 9.72. The molecule has 0 heterocycles. The number of esters is 2. The van der Waals surface area contributed by atoms with Gasteiger partial charge in [0.25, 0.3) is 0 Å². The van der Waals surface area contributed by atoms with Crippen molar-refractivity contribution in [1.29, 1.82) is 0 Å². The van der Waals surface area contributed by atoms with Crippen molar-refractivity contribution < 1.29 is 42.4 Å². The summed E-state index contributed by atoms with van der Waals surface area (Å²) in [6.45, 7) is 14.4. The highest BCUT2D eigenvalue weighted by Gasteiger charge is 2.31. The number of methoxy groups -OCH3 is 4. The number of ether oxygens (including phenoxy) is 4. The van der Waals surface area contributed by atoms with E-state index in [2.05, 4.69) is 27.7 Å². The number of aliphatic hydroxyl groups excluding tert-OH is 1. The molecular weight excluding hydrogens is 666 g/mol. The maximum Gasteiger partial charge on any atom is 0.337 e. The Kier molecular flexibility index (Phi) is 14.1. The van der Waals surface area contributed by atoms with Gasteiger partial charge in [0.2, 0.25) is 0 Å². The third kappa shape index (κ3) is 9.36. The van der Waals surface area contributed by atoms with Gasteiger partial charge in [-0.05, 0) is 106 Å². The Balaban J connectivity index is 0.000000280. The summed E-state index contributed by atoms with van der Waals surface area (Å²) in [7, 11) is 5.72. The summed E-state index contributed by atoms with van der Waals surface area (Å²) in [5, 5.41) is 11.0. The molecule has 0 fully saturated rings. The van der Waals surface area contributed by atoms with Gasteiger partial charge in [0.1, 0.15) is 23.1 Å². The van der Waals surface area contributed by atoms with Crippen LogP contribution in [0.4, 0.5) is 8.78 Å². The smallest absolute Gasteiger partial charge is 0.337 e. The molecule has 0 radical (unpaired) electrons. The van der Waals surface area contributed by atoms with Gasteiger partial charge in [-0.15, -0.1) is 0 Å². The minimum absolute atomic E-state index is 0.0150. The molecule has 0 aliphatic heterocycles. The normalized spacial score (nSPS) is 12.6. The zero-order valence-corrected chi connectivity index (χ0v) is 32.1. The van der Waals surface area contributed by atoms with E-state index in [1.165, 1.54) is 39.5 Å². The molecule has 4 rings (SSSR count). The zero-order valence-electron chi connectivity index (χ0n) is 32.1. The highest BCUT2D eigenvalue weighted by Crippen LogP contribution is 2.44. The quantitative estimate of drug-likeness (QED) is 0.146. The van der Waals surface area contributed by atoms with Crippen molar-refractivity contribution >= 4 is 11.9 Å². The highest BCUT2D eigenvalue weighted by atomic mass is 19.1. The molecule has 0 spiro atoms. The van der Waals surface area contributed by atoms with E-state index in [1.807, 2.05) is 26.8 Å². The molecule has 0 saturated heterocycles. The number of aliphatic hydroxyl groups is 1. The van der Waals surface area contributed by atoms with Gasteiger partial charge in [-0.25, -0.2) is 18.4 Å². The van der Waals surface area contributed by atoms with Gasteiger partial charge in [0.05, 0.1) is 45.7 Å². The predicted molar refractivity (Wildman–Crippen MR) is 201 cm³/mol. The van der Waals surface area contributed by atoms with Gasteiger partial charge in [-0.3, -0.25) is 0 Å². The second-order valence-corrected chi connectivity index (χ2v) is 14.1. The van der Waals surface area contributed by atoms with Gasteiger partial charge >= 0.3 is 11.9 Å². The second kappa shape index (κ2) is 17.6. The summed E-state index contributed by atoms with van der Waals surface area (Å²) in [5.74, 6) is -0.451. The van der Waals surface area contributed by atoms with Crippen LogP contribution >= 0.6 is 0 Å². The van der Waals surface area contributed by atoms with Crippen LogP contribution in [0.1, 0.15) is 105 Å². The number of rotatable bonds is 12. The van der Waals surface area contributed by atoms with Crippen LogP contribution in [0.15, 0.2) is 72.8 Å². The molecule has 52 heavy (non-hydrogen) atoms. The number of carbonyl (C=O) groups is 2. The van der Waals surface area contributed by atoms with Crippen molar-refractivity contribution in [3.05, 3.63) is 107 Å². The minimum atomic E-state index is -0.891. The van der Waals surface area contributed by atoms with Crippen LogP contribution in [0.2, 0.25) is 0 Å². The van der Waals surface area contributed by atoms with E-state index in [0.29, 0.717) is 51.3 Å². The third-order valence-corrected chi connectivity index (χ3v) is 10.4. The van der Waals surface area contributed by atoms with Gasteiger partial charge in [-0.2, -0.15) is 0 Å². The van der Waals surface area contributed by atoms with E-state index in [9.17, 15) is 23.5 Å². The van der Waals surface area contributed by atoms with Crippen LogP contribution in [0, 0.1) is 22.5 Å². The average Bonchev–Trinajstić information content (AvgIpc) is 3.16. The number of carbonyl (C=O) groups excluding carboxylic acids is 2. The summed E-state index contributed by atoms with van der Waals surface area (Å²) in [6.07, 6.45) is 0.769. The predicted octanol–water partition coefficient (Wildman–Crippen LogP) is 10.6. The van der Waals surface area contributed by atoms with E-state index in [4.69, 9.17) is 18.9 Å². The first kappa shape index (κ1) is 41.7. The first-order valence-electron chi connectivity index (χ1n) is 17.3. The molecule has 4 aromatic carbocycles. The fourth-order valence-electron chi connectivity index (χ4n) is 5.71. The Bertz CT molecular complexity index is 1730. The number of hydrogen-bond donors (Lipinski definition) is 1. The average molecular weight is 719 g/mol. The molecule has 0 amide bonds. The lowest BCUT2D eigenvalue weighted by molar-refractivity contribution is 0.0466. The molecule has 4 aromatic rings. The first-order chi connectivity index (χ1) is 24.5. The Morgan fingerprint density at radius 2 is 1.02 bits per heavy atom. The molecule has 9 heteroatoms. The Labute approximate surface area is 306 Å². The van der Waals surface area contributed by atoms with Gasteiger partial charge in [0.15, 0.2) is 0 Å². The number of halogens is 2. The molecule has 2 atom stereocenters. The van der Waals surface area contributed by atoms with Gasteiger partial charge < -0.3 is 24.1 Å². The van der Waals surface area contributed by atoms with Crippen LogP contribution in [0.3, 0.4) is 0 Å². The van der Waals surface area contributed by atoms with E-state index in [1.54, 1.807) is 55.6 Å². The molecule has 0 aliphatic carbocycles. The fourth-order valence-corrected chi connectivity index (χ4v) is 5.71. The topological polar surface area (TPSA) is 91.3 Å². The molecular formula is C43H52F2O7. The van der Waals surface area contributed by atoms with Crippen molar-refractivity contribution in [3.63, 3.8) is 0 Å². The zero-order chi connectivity index (χ0) is 39.0. The van der Waals surface area contributed by atoms with Crippen molar-refractivity contribution in [2.24, 2.45) is 10.8 Å². The molecule has 0 aliphatic rings. The Morgan fingerprint density at radius 1 is 0.615 bits per heavy atom. The van der Waals surface area contributed by atoms with Crippen LogP contribution in [-0.4, -0.2) is 45.5 Å². The second-order valence-electron chi connectivity index (χ2n) is 14.1. The lowest BCUT2D eigenvalue weighted by Gasteiger charge is -2.32. The highest BCUT2D eigenvalue weighted by molar-refractivity contribution is 5.91. The first-order valence-corrected chi connectivity index (χ1v) is 17.3. The molecule has 2 unspecified atom stereocenters. The number of benzene rings is 4. The largest absolute Gasteiger partial charge is 0.497 e. The van der Waals surface area contributed by atoms with Gasteiger partial charge in [-0.1, -0.05) is 67.0 Å². The molecule has 7 nitrogen and oxygen atoms in total. The molecule has 0 saturated carbocycles. The van der Waals surface area contributed by atoms with E-state index in [0.717, 1.165) is 17.5 Å². The van der Waals surface area contributed by atoms with E-state index in [-0.39, 0.29) is 17.2 Å². The standard InChI is InChI=1S/C22H27FO3.C21H25FO4/c1-7-22(3,4)14(2)18-12-15(21(24)26-6)8-10-17(18)19-13-16(25-5)9-11-20(19)23;1-6-21(2,3)19(23)17-11-13(20(24)26-5)7-9-15(17)16-12-14(25-4)8-10-18(16)22/h8-14H,7H2,1-6H3;7-12,19,23H,6H2,1-5H3. The van der Waals surface area contributed by atoms with Crippen molar-refractivity contribution in [1.82, 2.24) is 0 Å². The Hall–Kier alpha value is -4.76. The van der Waals surface area contributed by atoms with E-state index >= 15 is 0 Å². The van der Waals surface area contributed by atoms with Crippen LogP contribution in [-0.2, 0) is 9.47 Å². The summed E-state index contributed by atoms with van der Waals surface area (Å²) >= 11 is 0. The third-order valence-electron chi connectivity index (χ3n) is 10.4.